The lowest BCUT2D eigenvalue weighted by Gasteiger charge is -2.25. The van der Waals surface area contributed by atoms with Gasteiger partial charge in [0.1, 0.15) is 12.5 Å². The smallest absolute Gasteiger partial charge is 0.316 e. The molecule has 0 spiro atoms. The zero-order valence-corrected chi connectivity index (χ0v) is 7.87. The van der Waals surface area contributed by atoms with Gasteiger partial charge in [0.2, 0.25) is 0 Å². The predicted molar refractivity (Wildman–Crippen MR) is 47.8 cm³/mol. The van der Waals surface area contributed by atoms with Gasteiger partial charge in [0.05, 0.1) is 0 Å². The fourth-order valence-corrected chi connectivity index (χ4v) is 1.77. The number of rotatable bonds is 1. The fourth-order valence-electron chi connectivity index (χ4n) is 1.21. The summed E-state index contributed by atoms with van der Waals surface area (Å²) in [7, 11) is 0. The van der Waals surface area contributed by atoms with E-state index in [1.54, 1.807) is 0 Å². The van der Waals surface area contributed by atoms with Gasteiger partial charge >= 0.3 is 5.97 Å². The fraction of sp³-hybridized carbons (Fsp3) is 0.222. The normalized spacial score (nSPS) is 21.4. The Bertz CT molecular complexity index is 322. The van der Waals surface area contributed by atoms with Crippen LogP contribution in [0, 0.1) is 0 Å². The Morgan fingerprint density at radius 3 is 2.67 bits per heavy atom. The molecule has 1 aliphatic heterocycles. The molecule has 0 amide bonds. The Morgan fingerprint density at radius 1 is 1.42 bits per heavy atom. The summed E-state index contributed by atoms with van der Waals surface area (Å²) in [4.78, 5) is 10.9. The van der Waals surface area contributed by atoms with Gasteiger partial charge < -0.3 is 4.74 Å². The van der Waals surface area contributed by atoms with Crippen LogP contribution in [-0.4, -0.2) is 12.6 Å². The standard InChI is InChI=1S/C9H7BrO2/c10-8-4-2-1-3-6(8)7-5-12-9(7)11/h1-4,7H,5H2/t7-/m0/s1. The molecule has 3 heteroatoms. The molecule has 1 aromatic rings. The topological polar surface area (TPSA) is 26.3 Å². The van der Waals surface area contributed by atoms with Gasteiger partial charge in [0.25, 0.3) is 0 Å². The third kappa shape index (κ3) is 1.14. The lowest BCUT2D eigenvalue weighted by molar-refractivity contribution is -0.161. The molecule has 0 saturated carbocycles. The maximum Gasteiger partial charge on any atom is 0.316 e. The predicted octanol–water partition coefficient (Wildman–Crippen LogP) is 2.09. The average Bonchev–Trinajstić information content (AvgIpc) is 2.06. The van der Waals surface area contributed by atoms with E-state index in [1.807, 2.05) is 24.3 Å². The van der Waals surface area contributed by atoms with Crippen molar-refractivity contribution in [3.63, 3.8) is 0 Å². The molecule has 1 aliphatic rings. The minimum Gasteiger partial charge on any atom is -0.464 e. The summed E-state index contributed by atoms with van der Waals surface area (Å²) in [6, 6.07) is 7.72. The van der Waals surface area contributed by atoms with Crippen molar-refractivity contribution in [2.45, 2.75) is 5.92 Å². The van der Waals surface area contributed by atoms with Crippen LogP contribution < -0.4 is 0 Å². The highest BCUT2D eigenvalue weighted by Gasteiger charge is 2.33. The second-order valence-corrected chi connectivity index (χ2v) is 3.56. The van der Waals surface area contributed by atoms with Crippen LogP contribution in [0.5, 0.6) is 0 Å². The van der Waals surface area contributed by atoms with E-state index in [0.29, 0.717) is 6.61 Å². The number of ether oxygens (including phenoxy) is 1. The molecule has 0 radical (unpaired) electrons. The van der Waals surface area contributed by atoms with Crippen LogP contribution in [0.25, 0.3) is 0 Å². The van der Waals surface area contributed by atoms with Gasteiger partial charge in [-0.2, -0.15) is 0 Å². The third-order valence-corrected chi connectivity index (χ3v) is 2.68. The van der Waals surface area contributed by atoms with E-state index in [2.05, 4.69) is 15.9 Å². The Balaban J connectivity index is 2.33. The monoisotopic (exact) mass is 226 g/mol. The lowest BCUT2D eigenvalue weighted by Crippen LogP contribution is -2.32. The number of benzene rings is 1. The quantitative estimate of drug-likeness (QED) is 0.686. The molecule has 1 aromatic carbocycles. The SMILES string of the molecule is O=C1OC[C@H]1c1ccccc1Br. The Labute approximate surface area is 78.7 Å². The van der Waals surface area contributed by atoms with Gasteiger partial charge in [-0.15, -0.1) is 0 Å². The van der Waals surface area contributed by atoms with Gasteiger partial charge in [0.15, 0.2) is 0 Å². The van der Waals surface area contributed by atoms with Gasteiger partial charge in [-0.05, 0) is 11.6 Å². The Kier molecular flexibility index (Phi) is 1.89. The highest BCUT2D eigenvalue weighted by molar-refractivity contribution is 9.10. The molecule has 0 aromatic heterocycles. The first-order valence-electron chi connectivity index (χ1n) is 3.70. The van der Waals surface area contributed by atoms with Crippen molar-refractivity contribution in [3.05, 3.63) is 34.3 Å². The number of hydrogen-bond donors (Lipinski definition) is 0. The molecule has 62 valence electrons. The van der Waals surface area contributed by atoms with Gasteiger partial charge in [-0.3, -0.25) is 4.79 Å². The van der Waals surface area contributed by atoms with E-state index < -0.39 is 0 Å². The van der Waals surface area contributed by atoms with Crippen molar-refractivity contribution in [2.75, 3.05) is 6.61 Å². The van der Waals surface area contributed by atoms with Gasteiger partial charge in [-0.1, -0.05) is 34.1 Å². The lowest BCUT2D eigenvalue weighted by atomic mass is 9.97. The minimum absolute atomic E-state index is 0.0550. The summed E-state index contributed by atoms with van der Waals surface area (Å²) < 4.78 is 5.67. The number of carbonyl (C=O) groups excluding carboxylic acids is 1. The number of cyclic esters (lactones) is 1. The van der Waals surface area contributed by atoms with Crippen molar-refractivity contribution in [1.29, 1.82) is 0 Å². The number of hydrogen-bond acceptors (Lipinski definition) is 2. The van der Waals surface area contributed by atoms with Crippen LogP contribution in [0.3, 0.4) is 0 Å². The maximum atomic E-state index is 10.9. The molecule has 2 rings (SSSR count). The summed E-state index contributed by atoms with van der Waals surface area (Å²) in [6.07, 6.45) is 0. The second-order valence-electron chi connectivity index (χ2n) is 2.70. The second kappa shape index (κ2) is 2.90. The highest BCUT2D eigenvalue weighted by atomic mass is 79.9. The minimum atomic E-state index is -0.123. The molecule has 1 saturated heterocycles. The zero-order chi connectivity index (χ0) is 8.55. The molecule has 1 heterocycles. The van der Waals surface area contributed by atoms with Gasteiger partial charge in [-0.25, -0.2) is 0 Å². The Hall–Kier alpha value is -0.830. The molecule has 1 atom stereocenters. The molecule has 0 bridgehead atoms. The summed E-state index contributed by atoms with van der Waals surface area (Å²) in [6.45, 7) is 0.515. The number of esters is 1. The zero-order valence-electron chi connectivity index (χ0n) is 6.29. The first kappa shape index (κ1) is 7.80. The molecule has 0 N–H and O–H groups in total. The van der Waals surface area contributed by atoms with E-state index in [0.717, 1.165) is 10.0 Å². The van der Waals surface area contributed by atoms with Gasteiger partial charge in [0, 0.05) is 4.47 Å². The first-order chi connectivity index (χ1) is 5.79. The first-order valence-corrected chi connectivity index (χ1v) is 4.49. The van der Waals surface area contributed by atoms with E-state index in [1.165, 1.54) is 0 Å². The summed E-state index contributed by atoms with van der Waals surface area (Å²) >= 11 is 3.39. The largest absolute Gasteiger partial charge is 0.464 e. The molecular formula is C9H7BrO2. The van der Waals surface area contributed by atoms with E-state index in [-0.39, 0.29) is 11.9 Å². The average molecular weight is 227 g/mol. The van der Waals surface area contributed by atoms with E-state index in [4.69, 9.17) is 4.74 Å². The molecule has 12 heavy (non-hydrogen) atoms. The molecular weight excluding hydrogens is 220 g/mol. The summed E-state index contributed by atoms with van der Waals surface area (Å²) in [5.41, 5.74) is 1.02. The number of carbonyl (C=O) groups is 1. The highest BCUT2D eigenvalue weighted by Crippen LogP contribution is 2.30. The van der Waals surface area contributed by atoms with Crippen molar-refractivity contribution >= 4 is 21.9 Å². The summed E-state index contributed by atoms with van der Waals surface area (Å²) in [5, 5.41) is 0. The van der Waals surface area contributed by atoms with Crippen LogP contribution >= 0.6 is 15.9 Å². The van der Waals surface area contributed by atoms with Crippen molar-refractivity contribution in [2.24, 2.45) is 0 Å². The Morgan fingerprint density at radius 2 is 2.17 bits per heavy atom. The maximum absolute atomic E-state index is 10.9. The third-order valence-electron chi connectivity index (χ3n) is 1.96. The van der Waals surface area contributed by atoms with Crippen LogP contribution in [0.15, 0.2) is 28.7 Å². The van der Waals surface area contributed by atoms with Crippen molar-refractivity contribution < 1.29 is 9.53 Å². The molecule has 0 aliphatic carbocycles. The molecule has 0 unspecified atom stereocenters. The van der Waals surface area contributed by atoms with Crippen molar-refractivity contribution in [3.8, 4) is 0 Å². The molecule has 2 nitrogen and oxygen atoms in total. The van der Waals surface area contributed by atoms with Crippen LogP contribution in [0.1, 0.15) is 11.5 Å². The van der Waals surface area contributed by atoms with E-state index >= 15 is 0 Å². The summed E-state index contributed by atoms with van der Waals surface area (Å²) in [5.74, 6) is -0.178. The van der Waals surface area contributed by atoms with E-state index in [9.17, 15) is 4.79 Å². The number of halogens is 1. The van der Waals surface area contributed by atoms with Crippen LogP contribution in [0.4, 0.5) is 0 Å². The molecule has 1 fully saturated rings. The van der Waals surface area contributed by atoms with Crippen LogP contribution in [-0.2, 0) is 9.53 Å². The van der Waals surface area contributed by atoms with Crippen LogP contribution in [0.2, 0.25) is 0 Å². The van der Waals surface area contributed by atoms with Crippen molar-refractivity contribution in [1.82, 2.24) is 0 Å².